The van der Waals surface area contributed by atoms with Gasteiger partial charge in [0.05, 0.1) is 12.3 Å². The number of nitrogens with one attached hydrogen (secondary N) is 2. The number of esters is 1. The molecule has 0 spiro atoms. The number of carbonyl (C=O) groups excluding carboxylic acids is 3. The number of ether oxygens (including phenoxy) is 1. The van der Waals surface area contributed by atoms with Gasteiger partial charge in [0.15, 0.2) is 0 Å². The summed E-state index contributed by atoms with van der Waals surface area (Å²) in [6, 6.07) is -0.749. The maximum Gasteiger partial charge on any atom is 0.329 e. The van der Waals surface area contributed by atoms with Crippen molar-refractivity contribution in [3.63, 3.8) is 0 Å². The maximum absolute atomic E-state index is 14.7. The number of aliphatic hydroxyl groups is 1. The van der Waals surface area contributed by atoms with Crippen molar-refractivity contribution in [3.05, 3.63) is 53.7 Å². The second-order valence-corrected chi connectivity index (χ2v) is 11.5. The minimum atomic E-state index is -1.39. The Labute approximate surface area is 229 Å². The quantitative estimate of drug-likeness (QED) is 0.430. The normalized spacial score (nSPS) is 31.5. The Morgan fingerprint density at radius 3 is 2.67 bits per heavy atom. The van der Waals surface area contributed by atoms with Gasteiger partial charge in [-0.1, -0.05) is 57.6 Å². The molecule has 5 atom stereocenters. The molecule has 0 aromatic carbocycles. The van der Waals surface area contributed by atoms with Gasteiger partial charge in [0.25, 0.3) is 5.91 Å². The Balaban J connectivity index is 1.88. The highest BCUT2D eigenvalue weighted by Crippen LogP contribution is 2.31. The van der Waals surface area contributed by atoms with Crippen molar-refractivity contribution in [1.82, 2.24) is 20.2 Å². The fraction of sp³-hybridized carbons (Fsp3) is 0.586. The average Bonchev–Trinajstić information content (AvgIpc) is 3.51. The molecule has 1 fully saturated rings. The molecular weight excluding hydrogens is 503 g/mol. The SMILES string of the molecule is CC1=C\C(O)CC(F)Cc2ncc([nH]2)C(=O)N2CCCC2C(=O)OC(C(C)(C)C)C(C)/C=C/C(=O)NC\C=C\1. The van der Waals surface area contributed by atoms with Crippen molar-refractivity contribution in [1.29, 1.82) is 0 Å². The van der Waals surface area contributed by atoms with Crippen LogP contribution >= 0.6 is 0 Å². The highest BCUT2D eigenvalue weighted by molar-refractivity contribution is 5.95. The van der Waals surface area contributed by atoms with Gasteiger partial charge >= 0.3 is 5.97 Å². The van der Waals surface area contributed by atoms with E-state index in [1.54, 1.807) is 31.2 Å². The van der Waals surface area contributed by atoms with Crippen LogP contribution in [0.5, 0.6) is 0 Å². The van der Waals surface area contributed by atoms with Crippen LogP contribution in [0.15, 0.2) is 42.2 Å². The molecule has 3 rings (SSSR count). The molecule has 2 bridgehead atoms. The number of hydrogen-bond acceptors (Lipinski definition) is 6. The van der Waals surface area contributed by atoms with Gasteiger partial charge in [-0.25, -0.2) is 14.2 Å². The lowest BCUT2D eigenvalue weighted by molar-refractivity contribution is -0.162. The summed E-state index contributed by atoms with van der Waals surface area (Å²) in [6.45, 7) is 10.2. The van der Waals surface area contributed by atoms with Crippen LogP contribution < -0.4 is 5.32 Å². The lowest BCUT2D eigenvalue weighted by Crippen LogP contribution is -2.45. The number of alkyl halides is 1. The van der Waals surface area contributed by atoms with Crippen LogP contribution in [-0.2, 0) is 20.7 Å². The predicted octanol–water partition coefficient (Wildman–Crippen LogP) is 3.43. The van der Waals surface area contributed by atoms with Crippen molar-refractivity contribution in [2.75, 3.05) is 13.1 Å². The predicted molar refractivity (Wildman–Crippen MR) is 145 cm³/mol. The van der Waals surface area contributed by atoms with Gasteiger partial charge in [-0.3, -0.25) is 9.59 Å². The molecule has 10 heteroatoms. The molecule has 0 aliphatic carbocycles. The summed E-state index contributed by atoms with van der Waals surface area (Å²) >= 11 is 0. The Hall–Kier alpha value is -3.27. The number of cyclic esters (lactones) is 1. The molecule has 2 amide bonds. The highest BCUT2D eigenvalue weighted by atomic mass is 19.1. The standard InChI is InChI=1S/C29H41FN4O5/c1-18-8-6-12-31-25(36)11-10-19(2)26(29(3,4)5)39-28(38)23-9-7-13-34(23)27(37)22-17-32-24(33-22)16-20(30)15-21(35)14-18/h6,8,10-11,14,17,19-21,23,26,35H,7,9,12-13,15-16H2,1-5H3,(H,31,36)(H,32,33)/b8-6+,11-10+,18-14+. The Bertz CT molecular complexity index is 1120. The molecule has 214 valence electrons. The topological polar surface area (TPSA) is 125 Å². The first kappa shape index (κ1) is 30.3. The monoisotopic (exact) mass is 544 g/mol. The second kappa shape index (κ2) is 13.2. The van der Waals surface area contributed by atoms with E-state index in [0.717, 1.165) is 5.57 Å². The Morgan fingerprint density at radius 2 is 1.95 bits per heavy atom. The fourth-order valence-electron chi connectivity index (χ4n) is 5.05. The zero-order chi connectivity index (χ0) is 28.7. The molecule has 0 saturated carbocycles. The number of hydrogen-bond donors (Lipinski definition) is 3. The third-order valence-electron chi connectivity index (χ3n) is 6.91. The van der Waals surface area contributed by atoms with E-state index in [4.69, 9.17) is 4.74 Å². The van der Waals surface area contributed by atoms with E-state index in [0.29, 0.717) is 25.2 Å². The van der Waals surface area contributed by atoms with E-state index in [1.165, 1.54) is 17.2 Å². The molecule has 2 aliphatic heterocycles. The van der Waals surface area contributed by atoms with Gasteiger partial charge in [0.2, 0.25) is 5.91 Å². The summed E-state index contributed by atoms with van der Waals surface area (Å²) in [4.78, 5) is 47.4. The minimum absolute atomic E-state index is 0.0945. The van der Waals surface area contributed by atoms with Gasteiger partial charge in [-0.05, 0) is 31.3 Å². The molecule has 5 unspecified atom stereocenters. The Kier molecular flexibility index (Phi) is 10.2. The first-order chi connectivity index (χ1) is 18.3. The average molecular weight is 545 g/mol. The van der Waals surface area contributed by atoms with Crippen molar-refractivity contribution in [2.45, 2.75) is 84.7 Å². The fourth-order valence-corrected chi connectivity index (χ4v) is 5.05. The maximum atomic E-state index is 14.7. The van der Waals surface area contributed by atoms with Crippen molar-refractivity contribution < 1.29 is 28.6 Å². The summed E-state index contributed by atoms with van der Waals surface area (Å²) in [5.74, 6) is -1.16. The Morgan fingerprint density at radius 1 is 1.21 bits per heavy atom. The number of allylic oxidation sites excluding steroid dienone is 2. The van der Waals surface area contributed by atoms with Gasteiger partial charge in [0, 0.05) is 31.8 Å². The number of aromatic amines is 1. The van der Waals surface area contributed by atoms with Crippen LogP contribution in [0.25, 0.3) is 0 Å². The zero-order valence-electron chi connectivity index (χ0n) is 23.4. The second-order valence-electron chi connectivity index (χ2n) is 11.5. The number of carbonyl (C=O) groups is 3. The molecule has 39 heavy (non-hydrogen) atoms. The summed E-state index contributed by atoms with van der Waals surface area (Å²) < 4.78 is 20.7. The van der Waals surface area contributed by atoms with Crippen LogP contribution in [0.2, 0.25) is 0 Å². The van der Waals surface area contributed by atoms with Crippen molar-refractivity contribution in [2.24, 2.45) is 11.3 Å². The molecule has 3 heterocycles. The molecule has 1 saturated heterocycles. The number of fused-ring (bicyclic) bond motifs is 3. The van der Waals surface area contributed by atoms with Gasteiger partial charge < -0.3 is 25.0 Å². The molecule has 1 aromatic heterocycles. The molecule has 3 N–H and O–H groups in total. The third kappa shape index (κ3) is 8.61. The molecule has 0 radical (unpaired) electrons. The molecule has 1 aromatic rings. The number of nitrogens with zero attached hydrogens (tertiary/aromatic N) is 2. The number of aromatic nitrogens is 2. The first-order valence-corrected chi connectivity index (χ1v) is 13.5. The summed E-state index contributed by atoms with van der Waals surface area (Å²) in [5.41, 5.74) is 0.479. The minimum Gasteiger partial charge on any atom is -0.460 e. The van der Waals surface area contributed by atoms with Crippen LogP contribution in [-0.4, -0.2) is 75.3 Å². The van der Waals surface area contributed by atoms with Gasteiger partial charge in [0.1, 0.15) is 29.8 Å². The van der Waals surface area contributed by atoms with E-state index in [1.807, 2.05) is 27.7 Å². The molecule has 2 aliphatic rings. The zero-order valence-corrected chi connectivity index (χ0v) is 23.4. The van der Waals surface area contributed by atoms with Crippen molar-refractivity contribution in [3.8, 4) is 0 Å². The van der Waals surface area contributed by atoms with Crippen LogP contribution in [0.1, 0.15) is 70.2 Å². The number of H-pyrrole nitrogens is 1. The largest absolute Gasteiger partial charge is 0.460 e. The summed E-state index contributed by atoms with van der Waals surface area (Å²) in [6.07, 6.45) is 7.49. The third-order valence-corrected chi connectivity index (χ3v) is 6.91. The lowest BCUT2D eigenvalue weighted by Gasteiger charge is -2.35. The van der Waals surface area contributed by atoms with Crippen LogP contribution in [0.4, 0.5) is 4.39 Å². The molecule has 9 nitrogen and oxygen atoms in total. The van der Waals surface area contributed by atoms with E-state index in [-0.39, 0.29) is 36.9 Å². The number of aliphatic hydroxyl groups excluding tert-OH is 1. The van der Waals surface area contributed by atoms with E-state index in [9.17, 15) is 23.9 Å². The van der Waals surface area contributed by atoms with Gasteiger partial charge in [-0.2, -0.15) is 0 Å². The summed E-state index contributed by atoms with van der Waals surface area (Å²) in [7, 11) is 0. The highest BCUT2D eigenvalue weighted by Gasteiger charge is 2.40. The summed E-state index contributed by atoms with van der Waals surface area (Å²) in [5, 5.41) is 13.0. The smallest absolute Gasteiger partial charge is 0.329 e. The number of halogens is 1. The van der Waals surface area contributed by atoms with Crippen LogP contribution in [0.3, 0.4) is 0 Å². The van der Waals surface area contributed by atoms with E-state index in [2.05, 4.69) is 15.3 Å². The molecular formula is C29H41FN4O5. The van der Waals surface area contributed by atoms with Crippen molar-refractivity contribution >= 4 is 17.8 Å². The van der Waals surface area contributed by atoms with E-state index < -0.39 is 41.7 Å². The number of amides is 2. The van der Waals surface area contributed by atoms with Crippen LogP contribution in [0, 0.1) is 11.3 Å². The van der Waals surface area contributed by atoms with Gasteiger partial charge in [-0.15, -0.1) is 0 Å². The number of imidazole rings is 1. The lowest BCUT2D eigenvalue weighted by atomic mass is 9.81. The first-order valence-electron chi connectivity index (χ1n) is 13.5. The van der Waals surface area contributed by atoms with E-state index >= 15 is 0 Å². The number of rotatable bonds is 0.